The van der Waals surface area contributed by atoms with E-state index >= 15 is 0 Å². The Morgan fingerprint density at radius 2 is 1.05 bits per heavy atom. The highest BCUT2D eigenvalue weighted by Crippen LogP contribution is 1.99. The van der Waals surface area contributed by atoms with Crippen molar-refractivity contribution in [3.05, 3.63) is 0 Å². The second-order valence-electron chi connectivity index (χ2n) is 5.33. The van der Waals surface area contributed by atoms with Gasteiger partial charge in [-0.3, -0.25) is 9.80 Å². The van der Waals surface area contributed by atoms with Gasteiger partial charge in [-0.15, -0.1) is 0 Å². The monoisotopic (exact) mass is 278 g/mol. The van der Waals surface area contributed by atoms with Crippen LogP contribution < -0.4 is 0 Å². The Morgan fingerprint density at radius 1 is 0.684 bits per heavy atom. The van der Waals surface area contributed by atoms with Crippen LogP contribution in [-0.4, -0.2) is 94.4 Å². The van der Waals surface area contributed by atoms with Crippen molar-refractivity contribution in [2.24, 2.45) is 0 Å². The van der Waals surface area contributed by atoms with Gasteiger partial charge in [-0.25, -0.2) is 0 Å². The molecular formula is C13H30N2O4. The molecule has 0 aromatic heterocycles. The summed E-state index contributed by atoms with van der Waals surface area (Å²) in [6, 6.07) is 0. The van der Waals surface area contributed by atoms with E-state index in [4.69, 9.17) is 5.11 Å². The first-order chi connectivity index (χ1) is 8.85. The standard InChI is InChI=1S/C13H30N2O4/c1-11(17)8-14(6-7-16)4-5-15(9-12(2)18)10-13(3)19/h11-13,16-19H,4-10H2,1-3H3/t11-,12+,13+/m0/s1. The third kappa shape index (κ3) is 11.3. The minimum atomic E-state index is -0.443. The van der Waals surface area contributed by atoms with E-state index < -0.39 is 18.3 Å². The van der Waals surface area contributed by atoms with Gasteiger partial charge >= 0.3 is 0 Å². The molecule has 0 radical (unpaired) electrons. The van der Waals surface area contributed by atoms with Crippen molar-refractivity contribution >= 4 is 0 Å². The second kappa shape index (κ2) is 10.5. The highest BCUT2D eigenvalue weighted by atomic mass is 16.3. The molecule has 0 amide bonds. The van der Waals surface area contributed by atoms with Crippen molar-refractivity contribution in [3.63, 3.8) is 0 Å². The van der Waals surface area contributed by atoms with Gasteiger partial charge in [0.15, 0.2) is 0 Å². The van der Waals surface area contributed by atoms with Crippen molar-refractivity contribution in [1.29, 1.82) is 0 Å². The fourth-order valence-electron chi connectivity index (χ4n) is 2.10. The van der Waals surface area contributed by atoms with E-state index in [9.17, 15) is 15.3 Å². The molecule has 0 aliphatic heterocycles. The molecule has 0 bridgehead atoms. The lowest BCUT2D eigenvalue weighted by atomic mass is 10.3. The largest absolute Gasteiger partial charge is 0.395 e. The van der Waals surface area contributed by atoms with E-state index in [0.29, 0.717) is 39.3 Å². The maximum atomic E-state index is 9.43. The van der Waals surface area contributed by atoms with Crippen molar-refractivity contribution in [3.8, 4) is 0 Å². The molecule has 0 aliphatic rings. The minimum absolute atomic E-state index is 0.0551. The third-order valence-electron chi connectivity index (χ3n) is 2.72. The van der Waals surface area contributed by atoms with Gasteiger partial charge in [0.2, 0.25) is 0 Å². The summed E-state index contributed by atoms with van der Waals surface area (Å²) in [6.07, 6.45) is -1.32. The van der Waals surface area contributed by atoms with Crippen LogP contribution in [0.4, 0.5) is 0 Å². The van der Waals surface area contributed by atoms with Crippen molar-refractivity contribution < 1.29 is 20.4 Å². The molecule has 0 fully saturated rings. The molecule has 0 unspecified atom stereocenters. The lowest BCUT2D eigenvalue weighted by Crippen LogP contribution is -2.43. The molecule has 0 spiro atoms. The Labute approximate surface area is 116 Å². The molecule has 0 aromatic carbocycles. The van der Waals surface area contributed by atoms with Crippen LogP contribution in [0.1, 0.15) is 20.8 Å². The highest BCUT2D eigenvalue weighted by Gasteiger charge is 2.14. The first-order valence-electron chi connectivity index (χ1n) is 6.94. The molecule has 0 heterocycles. The Kier molecular flexibility index (Phi) is 10.4. The zero-order valence-electron chi connectivity index (χ0n) is 12.4. The molecule has 0 saturated carbocycles. The molecule has 116 valence electrons. The normalized spacial score (nSPS) is 16.9. The van der Waals surface area contributed by atoms with Gasteiger partial charge in [0.1, 0.15) is 0 Å². The molecule has 6 nitrogen and oxygen atoms in total. The average molecular weight is 278 g/mol. The third-order valence-corrected chi connectivity index (χ3v) is 2.72. The molecule has 0 saturated heterocycles. The van der Waals surface area contributed by atoms with Crippen LogP contribution in [0.15, 0.2) is 0 Å². The van der Waals surface area contributed by atoms with E-state index in [-0.39, 0.29) is 6.61 Å². The van der Waals surface area contributed by atoms with Gasteiger partial charge in [0.25, 0.3) is 0 Å². The van der Waals surface area contributed by atoms with Crippen molar-refractivity contribution in [1.82, 2.24) is 9.80 Å². The molecule has 4 N–H and O–H groups in total. The zero-order valence-corrected chi connectivity index (χ0v) is 12.4. The highest BCUT2D eigenvalue weighted by molar-refractivity contribution is 4.69. The fraction of sp³-hybridized carbons (Fsp3) is 1.00. The molecule has 0 aromatic rings. The minimum Gasteiger partial charge on any atom is -0.395 e. The quantitative estimate of drug-likeness (QED) is 0.377. The van der Waals surface area contributed by atoms with Gasteiger partial charge in [0, 0.05) is 39.3 Å². The van der Waals surface area contributed by atoms with E-state index in [0.717, 1.165) is 0 Å². The van der Waals surface area contributed by atoms with Crippen molar-refractivity contribution in [2.75, 3.05) is 45.9 Å². The Balaban J connectivity index is 4.22. The summed E-state index contributed by atoms with van der Waals surface area (Å²) >= 11 is 0. The summed E-state index contributed by atoms with van der Waals surface area (Å²) in [6.45, 7) is 8.62. The first kappa shape index (κ1) is 18.8. The summed E-state index contributed by atoms with van der Waals surface area (Å²) < 4.78 is 0. The molecule has 19 heavy (non-hydrogen) atoms. The van der Waals surface area contributed by atoms with Crippen LogP contribution in [0.5, 0.6) is 0 Å². The zero-order chi connectivity index (χ0) is 14.8. The van der Waals surface area contributed by atoms with Gasteiger partial charge in [-0.1, -0.05) is 0 Å². The molecule has 6 heteroatoms. The molecular weight excluding hydrogens is 248 g/mol. The molecule has 0 aliphatic carbocycles. The van der Waals surface area contributed by atoms with Gasteiger partial charge in [-0.2, -0.15) is 0 Å². The number of rotatable bonds is 11. The van der Waals surface area contributed by atoms with E-state index in [1.807, 2.05) is 9.80 Å². The Bertz CT molecular complexity index is 203. The van der Waals surface area contributed by atoms with Gasteiger partial charge < -0.3 is 20.4 Å². The van der Waals surface area contributed by atoms with Crippen molar-refractivity contribution in [2.45, 2.75) is 39.1 Å². The SMILES string of the molecule is C[C@H](O)CN(CCO)CCN(C[C@@H](C)O)C[C@@H](C)O. The Morgan fingerprint density at radius 3 is 1.42 bits per heavy atom. The van der Waals surface area contributed by atoms with Crippen LogP contribution in [0.2, 0.25) is 0 Å². The maximum absolute atomic E-state index is 9.43. The number of hydrogen-bond donors (Lipinski definition) is 4. The maximum Gasteiger partial charge on any atom is 0.0639 e. The number of aliphatic hydroxyl groups is 4. The van der Waals surface area contributed by atoms with Crippen LogP contribution in [0.25, 0.3) is 0 Å². The number of aliphatic hydroxyl groups excluding tert-OH is 4. The van der Waals surface area contributed by atoms with Crippen LogP contribution in [-0.2, 0) is 0 Å². The predicted molar refractivity (Wildman–Crippen MR) is 75.0 cm³/mol. The number of hydrogen-bond acceptors (Lipinski definition) is 6. The molecule has 3 atom stereocenters. The summed E-state index contributed by atoms with van der Waals surface area (Å²) in [5.41, 5.74) is 0. The first-order valence-corrected chi connectivity index (χ1v) is 6.94. The lowest BCUT2D eigenvalue weighted by Gasteiger charge is -2.29. The summed E-state index contributed by atoms with van der Waals surface area (Å²) in [5.74, 6) is 0. The van der Waals surface area contributed by atoms with E-state index in [1.165, 1.54) is 0 Å². The smallest absolute Gasteiger partial charge is 0.0639 e. The second-order valence-corrected chi connectivity index (χ2v) is 5.33. The predicted octanol–water partition coefficient (Wildman–Crippen LogP) is -1.27. The number of nitrogens with zero attached hydrogens (tertiary/aromatic N) is 2. The fourth-order valence-corrected chi connectivity index (χ4v) is 2.10. The van der Waals surface area contributed by atoms with Gasteiger partial charge in [-0.05, 0) is 20.8 Å². The van der Waals surface area contributed by atoms with Gasteiger partial charge in [0.05, 0.1) is 24.9 Å². The van der Waals surface area contributed by atoms with E-state index in [2.05, 4.69) is 0 Å². The molecule has 0 rings (SSSR count). The van der Waals surface area contributed by atoms with Crippen LogP contribution in [0.3, 0.4) is 0 Å². The summed E-state index contributed by atoms with van der Waals surface area (Å²) in [5, 5.41) is 37.2. The Hall–Kier alpha value is -0.240. The lowest BCUT2D eigenvalue weighted by molar-refractivity contribution is 0.0643. The topological polar surface area (TPSA) is 87.4 Å². The van der Waals surface area contributed by atoms with E-state index in [1.54, 1.807) is 20.8 Å². The average Bonchev–Trinajstić information content (AvgIpc) is 2.23. The van der Waals surface area contributed by atoms with Crippen LogP contribution in [0, 0.1) is 0 Å². The summed E-state index contributed by atoms with van der Waals surface area (Å²) in [7, 11) is 0. The summed E-state index contributed by atoms with van der Waals surface area (Å²) in [4.78, 5) is 3.96. The van der Waals surface area contributed by atoms with Crippen LogP contribution >= 0.6 is 0 Å².